The van der Waals surface area contributed by atoms with Gasteiger partial charge in [0.25, 0.3) is 5.91 Å². The largest absolute Gasteiger partial charge is 0.492 e. The molecule has 8 heteroatoms. The van der Waals surface area contributed by atoms with Crippen LogP contribution in [-0.4, -0.2) is 43.0 Å². The van der Waals surface area contributed by atoms with Gasteiger partial charge in [0.05, 0.1) is 5.69 Å². The molecule has 0 aliphatic carbocycles. The first-order valence-corrected chi connectivity index (χ1v) is 9.59. The Kier molecular flexibility index (Phi) is 6.08. The Morgan fingerprint density at radius 1 is 1.31 bits per heavy atom. The molecule has 3 rings (SSSR count). The Morgan fingerprint density at radius 3 is 2.85 bits per heavy atom. The van der Waals surface area contributed by atoms with Gasteiger partial charge in [-0.3, -0.25) is 10.1 Å². The normalized spacial score (nSPS) is 10.9. The first kappa shape index (κ1) is 18.6. The number of rotatable bonds is 7. The Morgan fingerprint density at radius 2 is 2.12 bits per heavy atom. The number of nitrogens with one attached hydrogen (secondary N) is 1. The number of likely N-dealkylation sites (N-methyl/N-ethyl adjacent to an activating group) is 1. The quantitative estimate of drug-likeness (QED) is 0.596. The number of hydrogen-bond acceptors (Lipinski definition) is 6. The van der Waals surface area contributed by atoms with Gasteiger partial charge in [0.15, 0.2) is 15.6 Å². The number of para-hydroxylation sites is 1. The van der Waals surface area contributed by atoms with Gasteiger partial charge in [0.2, 0.25) is 0 Å². The summed E-state index contributed by atoms with van der Waals surface area (Å²) in [5.74, 6) is 0.653. The molecule has 6 nitrogen and oxygen atoms in total. The van der Waals surface area contributed by atoms with Gasteiger partial charge < -0.3 is 14.1 Å². The van der Waals surface area contributed by atoms with E-state index in [1.54, 1.807) is 12.1 Å². The van der Waals surface area contributed by atoms with Gasteiger partial charge in [-0.25, -0.2) is 4.98 Å². The summed E-state index contributed by atoms with van der Waals surface area (Å²) in [6.45, 7) is 1.41. The van der Waals surface area contributed by atoms with Crippen molar-refractivity contribution in [1.29, 1.82) is 0 Å². The van der Waals surface area contributed by atoms with E-state index in [0.717, 1.165) is 23.6 Å². The number of furan rings is 1. The molecule has 136 valence electrons. The molecule has 2 aromatic heterocycles. The van der Waals surface area contributed by atoms with Crippen LogP contribution in [0.5, 0.6) is 5.75 Å². The van der Waals surface area contributed by atoms with Crippen LogP contribution in [0, 0.1) is 0 Å². The highest BCUT2D eigenvalue weighted by Crippen LogP contribution is 2.32. The van der Waals surface area contributed by atoms with Gasteiger partial charge in [0, 0.05) is 17.5 Å². The van der Waals surface area contributed by atoms with Crippen molar-refractivity contribution in [2.75, 3.05) is 32.6 Å². The minimum atomic E-state index is -0.341. The van der Waals surface area contributed by atoms with E-state index < -0.39 is 0 Å². The number of aromatic nitrogens is 1. The molecule has 2 heterocycles. The van der Waals surface area contributed by atoms with Crippen LogP contribution in [0.2, 0.25) is 0 Å². The predicted octanol–water partition coefficient (Wildman–Crippen LogP) is 4.36. The minimum Gasteiger partial charge on any atom is -0.492 e. The van der Waals surface area contributed by atoms with Crippen LogP contribution in [0.15, 0.2) is 50.9 Å². The second kappa shape index (κ2) is 8.48. The third-order valence-corrected chi connectivity index (χ3v) is 4.66. The van der Waals surface area contributed by atoms with Crippen LogP contribution in [0.1, 0.15) is 10.6 Å². The van der Waals surface area contributed by atoms with Gasteiger partial charge >= 0.3 is 0 Å². The van der Waals surface area contributed by atoms with Crippen LogP contribution in [-0.2, 0) is 0 Å². The van der Waals surface area contributed by atoms with Crippen molar-refractivity contribution in [3.05, 3.63) is 52.2 Å². The summed E-state index contributed by atoms with van der Waals surface area (Å²) in [6.07, 6.45) is 0. The molecular weight excluding hydrogens is 418 g/mol. The zero-order chi connectivity index (χ0) is 18.5. The van der Waals surface area contributed by atoms with Crippen LogP contribution in [0.4, 0.5) is 5.13 Å². The number of nitrogens with zero attached hydrogens (tertiary/aromatic N) is 2. The van der Waals surface area contributed by atoms with Crippen molar-refractivity contribution < 1.29 is 13.9 Å². The van der Waals surface area contributed by atoms with Crippen molar-refractivity contribution in [1.82, 2.24) is 9.88 Å². The topological polar surface area (TPSA) is 67.6 Å². The molecule has 3 aromatic rings. The summed E-state index contributed by atoms with van der Waals surface area (Å²) in [4.78, 5) is 18.7. The zero-order valence-electron chi connectivity index (χ0n) is 14.4. The molecule has 0 aliphatic heterocycles. The van der Waals surface area contributed by atoms with Gasteiger partial charge in [-0.05, 0) is 54.3 Å². The summed E-state index contributed by atoms with van der Waals surface area (Å²) in [5, 5.41) is 5.14. The number of amides is 1. The zero-order valence-corrected chi connectivity index (χ0v) is 16.8. The molecule has 0 unspecified atom stereocenters. The third kappa shape index (κ3) is 4.72. The van der Waals surface area contributed by atoms with Gasteiger partial charge in [-0.15, -0.1) is 11.3 Å². The summed E-state index contributed by atoms with van der Waals surface area (Å²) in [5.41, 5.74) is 1.65. The maximum Gasteiger partial charge on any atom is 0.293 e. The summed E-state index contributed by atoms with van der Waals surface area (Å²) in [7, 11) is 4.00. The lowest BCUT2D eigenvalue weighted by Gasteiger charge is -2.13. The number of halogens is 1. The molecule has 26 heavy (non-hydrogen) atoms. The molecule has 0 atom stereocenters. The van der Waals surface area contributed by atoms with Crippen LogP contribution in [0.3, 0.4) is 0 Å². The molecule has 0 fully saturated rings. The Hall–Kier alpha value is -2.16. The lowest BCUT2D eigenvalue weighted by Crippen LogP contribution is -2.19. The van der Waals surface area contributed by atoms with Crippen molar-refractivity contribution in [3.63, 3.8) is 0 Å². The van der Waals surface area contributed by atoms with E-state index in [1.165, 1.54) is 11.3 Å². The lowest BCUT2D eigenvalue weighted by atomic mass is 10.1. The van der Waals surface area contributed by atoms with E-state index >= 15 is 0 Å². The molecule has 0 bridgehead atoms. The number of benzene rings is 1. The Balaban J connectivity index is 1.72. The lowest BCUT2D eigenvalue weighted by molar-refractivity contribution is 0.0995. The standard InChI is InChI=1S/C18H18BrN3O3S/c1-22(2)9-10-24-14-6-4-3-5-12(14)13-11-26-18(20-13)21-17(23)15-7-8-16(19)25-15/h3-8,11H,9-10H2,1-2H3,(H,20,21,23). The molecule has 0 saturated heterocycles. The maximum atomic E-state index is 12.2. The van der Waals surface area contributed by atoms with E-state index in [0.29, 0.717) is 16.4 Å². The van der Waals surface area contributed by atoms with Crippen LogP contribution >= 0.6 is 27.3 Å². The number of carbonyl (C=O) groups excluding carboxylic acids is 1. The number of hydrogen-bond donors (Lipinski definition) is 1. The fourth-order valence-electron chi connectivity index (χ4n) is 2.19. The highest BCUT2D eigenvalue weighted by Gasteiger charge is 2.15. The molecular formula is C18H18BrN3O3S. The van der Waals surface area contributed by atoms with Crippen molar-refractivity contribution in [2.45, 2.75) is 0 Å². The first-order chi connectivity index (χ1) is 12.5. The average Bonchev–Trinajstić information content (AvgIpc) is 3.24. The number of ether oxygens (including phenoxy) is 1. The van der Waals surface area contributed by atoms with E-state index in [2.05, 4.69) is 31.1 Å². The van der Waals surface area contributed by atoms with E-state index in [1.807, 2.05) is 43.7 Å². The highest BCUT2D eigenvalue weighted by molar-refractivity contribution is 9.10. The minimum absolute atomic E-state index is 0.223. The monoisotopic (exact) mass is 435 g/mol. The summed E-state index contributed by atoms with van der Waals surface area (Å²) < 4.78 is 11.6. The van der Waals surface area contributed by atoms with Crippen LogP contribution in [0.25, 0.3) is 11.3 Å². The van der Waals surface area contributed by atoms with E-state index in [-0.39, 0.29) is 11.7 Å². The van der Waals surface area contributed by atoms with Crippen molar-refractivity contribution >= 4 is 38.3 Å². The molecule has 1 amide bonds. The molecule has 1 N–H and O–H groups in total. The fraction of sp³-hybridized carbons (Fsp3) is 0.222. The second-order valence-corrected chi connectivity index (χ2v) is 7.38. The molecule has 0 radical (unpaired) electrons. The average molecular weight is 436 g/mol. The number of carbonyl (C=O) groups is 1. The van der Waals surface area contributed by atoms with Crippen molar-refractivity contribution in [3.8, 4) is 17.0 Å². The highest BCUT2D eigenvalue weighted by atomic mass is 79.9. The molecule has 0 aliphatic rings. The molecule has 1 aromatic carbocycles. The SMILES string of the molecule is CN(C)CCOc1ccccc1-c1csc(NC(=O)c2ccc(Br)o2)n1. The fourth-order valence-corrected chi connectivity index (χ4v) is 3.20. The third-order valence-electron chi connectivity index (χ3n) is 3.48. The first-order valence-electron chi connectivity index (χ1n) is 7.92. The second-order valence-electron chi connectivity index (χ2n) is 5.74. The molecule has 0 saturated carbocycles. The molecule has 0 spiro atoms. The number of thiazole rings is 1. The smallest absolute Gasteiger partial charge is 0.293 e. The predicted molar refractivity (Wildman–Crippen MR) is 106 cm³/mol. The Bertz CT molecular complexity index is 891. The summed E-state index contributed by atoms with van der Waals surface area (Å²) >= 11 is 4.53. The van der Waals surface area contributed by atoms with E-state index in [4.69, 9.17) is 9.15 Å². The van der Waals surface area contributed by atoms with Gasteiger partial charge in [-0.1, -0.05) is 12.1 Å². The number of anilines is 1. The Labute approximate surface area is 163 Å². The maximum absolute atomic E-state index is 12.2. The summed E-state index contributed by atoms with van der Waals surface area (Å²) in [6, 6.07) is 11.0. The van der Waals surface area contributed by atoms with E-state index in [9.17, 15) is 4.79 Å². The van der Waals surface area contributed by atoms with Gasteiger partial charge in [-0.2, -0.15) is 0 Å². The van der Waals surface area contributed by atoms with Crippen LogP contribution < -0.4 is 10.1 Å². The van der Waals surface area contributed by atoms with Crippen molar-refractivity contribution in [2.24, 2.45) is 0 Å². The van der Waals surface area contributed by atoms with Gasteiger partial charge in [0.1, 0.15) is 12.4 Å².